The number of benzene rings is 2. The molecule has 0 N–H and O–H groups in total. The van der Waals surface area contributed by atoms with Gasteiger partial charge in [0.25, 0.3) is 11.5 Å². The molecule has 1 saturated heterocycles. The van der Waals surface area contributed by atoms with Gasteiger partial charge in [0.2, 0.25) is 0 Å². The number of ether oxygens (including phenoxy) is 3. The lowest BCUT2D eigenvalue weighted by molar-refractivity contribution is -0.139. The zero-order valence-electron chi connectivity index (χ0n) is 25.8. The number of likely N-dealkylation sites (tertiary alicyclic amines) is 1. The van der Waals surface area contributed by atoms with Crippen LogP contribution in [0, 0.1) is 0 Å². The predicted molar refractivity (Wildman–Crippen MR) is 170 cm³/mol. The van der Waals surface area contributed by atoms with E-state index in [1.54, 1.807) is 36.6 Å². The summed E-state index contributed by atoms with van der Waals surface area (Å²) in [5.74, 6) is 0.417. The lowest BCUT2D eigenvalue weighted by Crippen LogP contribution is -2.39. The van der Waals surface area contributed by atoms with Crippen LogP contribution < -0.4 is 29.3 Å². The molecule has 2 aromatic carbocycles. The smallest absolute Gasteiger partial charge is 0.338 e. The van der Waals surface area contributed by atoms with Crippen LogP contribution >= 0.6 is 11.3 Å². The van der Waals surface area contributed by atoms with Gasteiger partial charge in [-0.2, -0.15) is 0 Å². The van der Waals surface area contributed by atoms with Crippen molar-refractivity contribution >= 4 is 35.0 Å². The number of esters is 1. The minimum absolute atomic E-state index is 0.0430. The summed E-state index contributed by atoms with van der Waals surface area (Å²) in [7, 11) is 3.91. The Bertz CT molecular complexity index is 1750. The second-order valence-corrected chi connectivity index (χ2v) is 11.8. The molecule has 1 atom stereocenters. The van der Waals surface area contributed by atoms with Gasteiger partial charge in [-0.05, 0) is 75.1 Å². The van der Waals surface area contributed by atoms with Crippen LogP contribution in [-0.4, -0.2) is 68.3 Å². The molecule has 1 fully saturated rings. The van der Waals surface area contributed by atoms with Crippen LogP contribution in [0.4, 0.5) is 5.69 Å². The molecule has 0 saturated carbocycles. The van der Waals surface area contributed by atoms with E-state index >= 15 is 0 Å². The minimum Gasteiger partial charge on any atom is -0.490 e. The maximum Gasteiger partial charge on any atom is 0.338 e. The van der Waals surface area contributed by atoms with Crippen molar-refractivity contribution < 1.29 is 23.8 Å². The van der Waals surface area contributed by atoms with Gasteiger partial charge in [-0.15, -0.1) is 0 Å². The van der Waals surface area contributed by atoms with Crippen LogP contribution in [-0.2, 0) is 14.3 Å². The summed E-state index contributed by atoms with van der Waals surface area (Å²) in [5, 5.41) is 0. The van der Waals surface area contributed by atoms with Gasteiger partial charge in [-0.1, -0.05) is 29.5 Å². The zero-order chi connectivity index (χ0) is 31.4. The number of aromatic nitrogens is 1. The minimum atomic E-state index is -0.688. The highest BCUT2D eigenvalue weighted by atomic mass is 32.1. The second-order valence-electron chi connectivity index (χ2n) is 10.8. The maximum absolute atomic E-state index is 14.0. The molecule has 11 heteroatoms. The van der Waals surface area contributed by atoms with Crippen LogP contribution in [0.5, 0.6) is 11.5 Å². The van der Waals surface area contributed by atoms with Crippen molar-refractivity contribution in [2.75, 3.05) is 51.9 Å². The Balaban J connectivity index is 1.52. The summed E-state index contributed by atoms with van der Waals surface area (Å²) < 4.78 is 19.1. The molecule has 0 spiro atoms. The molecule has 3 heterocycles. The second kappa shape index (κ2) is 13.5. The molecule has 5 rings (SSSR count). The van der Waals surface area contributed by atoms with Crippen LogP contribution in [0.1, 0.15) is 50.8 Å². The molecule has 1 aromatic heterocycles. The van der Waals surface area contributed by atoms with Gasteiger partial charge in [-0.25, -0.2) is 9.79 Å². The monoisotopic (exact) mass is 618 g/mol. The molecule has 0 unspecified atom stereocenters. The van der Waals surface area contributed by atoms with Crippen molar-refractivity contribution in [2.45, 2.75) is 39.7 Å². The lowest BCUT2D eigenvalue weighted by Gasteiger charge is -2.25. The van der Waals surface area contributed by atoms with Crippen LogP contribution in [0.15, 0.2) is 63.5 Å². The first-order valence-electron chi connectivity index (χ1n) is 14.9. The third-order valence-electron chi connectivity index (χ3n) is 7.62. The van der Waals surface area contributed by atoms with Crippen molar-refractivity contribution in [1.82, 2.24) is 9.47 Å². The molecule has 10 nitrogen and oxygen atoms in total. The number of anilines is 1. The Hall–Kier alpha value is -4.38. The Labute approximate surface area is 260 Å². The van der Waals surface area contributed by atoms with Crippen LogP contribution in [0.3, 0.4) is 0 Å². The van der Waals surface area contributed by atoms with Crippen molar-refractivity contribution in [3.8, 4) is 11.5 Å². The zero-order valence-corrected chi connectivity index (χ0v) is 26.6. The van der Waals surface area contributed by atoms with E-state index in [9.17, 15) is 14.4 Å². The van der Waals surface area contributed by atoms with Gasteiger partial charge >= 0.3 is 5.97 Å². The van der Waals surface area contributed by atoms with Crippen molar-refractivity contribution in [1.29, 1.82) is 0 Å². The van der Waals surface area contributed by atoms with Gasteiger partial charge < -0.3 is 24.0 Å². The summed E-state index contributed by atoms with van der Waals surface area (Å²) in [5.41, 5.74) is 3.10. The Morgan fingerprint density at radius 1 is 1.02 bits per heavy atom. The third-order valence-corrected chi connectivity index (χ3v) is 8.60. The van der Waals surface area contributed by atoms with Gasteiger partial charge in [0.1, 0.15) is 0 Å². The molecule has 2 aliphatic rings. The third kappa shape index (κ3) is 6.42. The fourth-order valence-electron chi connectivity index (χ4n) is 5.41. The summed E-state index contributed by atoms with van der Waals surface area (Å²) in [4.78, 5) is 48.6. The van der Waals surface area contributed by atoms with Gasteiger partial charge in [0, 0.05) is 32.9 Å². The molecular weight excluding hydrogens is 580 g/mol. The van der Waals surface area contributed by atoms with Crippen molar-refractivity contribution in [2.24, 2.45) is 4.99 Å². The number of hydrogen-bond donors (Lipinski definition) is 0. The van der Waals surface area contributed by atoms with E-state index in [1.165, 1.54) is 11.3 Å². The normalized spacial score (nSPS) is 16.4. The summed E-state index contributed by atoms with van der Waals surface area (Å²) in [6, 6.07) is 12.5. The van der Waals surface area contributed by atoms with E-state index in [2.05, 4.69) is 4.99 Å². The number of carbonyl (C=O) groups excluding carboxylic acids is 2. The Morgan fingerprint density at radius 2 is 1.75 bits per heavy atom. The number of nitrogens with zero attached hydrogens (tertiary/aromatic N) is 4. The molecule has 2 aliphatic heterocycles. The quantitative estimate of drug-likeness (QED) is 0.322. The van der Waals surface area contributed by atoms with Crippen molar-refractivity contribution in [3.05, 3.63) is 84.5 Å². The maximum atomic E-state index is 14.0. The molecule has 44 heavy (non-hydrogen) atoms. The van der Waals surface area contributed by atoms with E-state index in [1.807, 2.05) is 61.2 Å². The van der Waals surface area contributed by atoms with Gasteiger partial charge in [-0.3, -0.25) is 14.2 Å². The van der Waals surface area contributed by atoms with E-state index in [-0.39, 0.29) is 24.7 Å². The van der Waals surface area contributed by atoms with Crippen LogP contribution in [0.2, 0.25) is 0 Å². The van der Waals surface area contributed by atoms with Crippen molar-refractivity contribution in [3.63, 3.8) is 0 Å². The standard InChI is InChI=1S/C33H38N4O6S/c1-6-41-26-18-22(10-15-25(26)43-20-28(38)36-16-8-9-17-36)19-27-31(39)37-30(23-11-13-24(14-12-23)35(4)5)29(32(40)42-7-2)21(3)34-33(37)44-27/h10-15,18-19,30H,6-9,16-17,20H2,1-5H3/b27-19+/t30-/m1/s1. The number of allylic oxidation sites excluding steroid dienone is 1. The van der Waals surface area contributed by atoms with E-state index in [0.717, 1.165) is 42.7 Å². The highest BCUT2D eigenvalue weighted by molar-refractivity contribution is 7.07. The average molecular weight is 619 g/mol. The van der Waals surface area contributed by atoms with E-state index in [0.29, 0.717) is 38.7 Å². The number of hydrogen-bond acceptors (Lipinski definition) is 9. The number of rotatable bonds is 10. The topological polar surface area (TPSA) is 103 Å². The fourth-order valence-corrected chi connectivity index (χ4v) is 6.46. The number of amides is 1. The molecular formula is C33H38N4O6S. The average Bonchev–Trinajstić information content (AvgIpc) is 3.65. The van der Waals surface area contributed by atoms with E-state index < -0.39 is 12.0 Å². The molecule has 232 valence electrons. The Morgan fingerprint density at radius 3 is 2.41 bits per heavy atom. The molecule has 0 radical (unpaired) electrons. The van der Waals surface area contributed by atoms with E-state index in [4.69, 9.17) is 14.2 Å². The molecule has 0 aliphatic carbocycles. The summed E-state index contributed by atoms with van der Waals surface area (Å²) in [6.45, 7) is 7.48. The number of carbonyl (C=O) groups is 2. The largest absolute Gasteiger partial charge is 0.490 e. The first-order valence-corrected chi connectivity index (χ1v) is 15.7. The molecule has 0 bridgehead atoms. The highest BCUT2D eigenvalue weighted by Gasteiger charge is 2.33. The van der Waals surface area contributed by atoms with Gasteiger partial charge in [0.15, 0.2) is 22.9 Å². The number of thiazole rings is 1. The Kier molecular flexibility index (Phi) is 9.53. The SMILES string of the molecule is CCOC(=O)C1=C(C)N=c2s/c(=C/c3ccc(OCC(=O)N4CCCC4)c(OCC)c3)c(=O)n2[C@@H]1c1ccc(N(C)C)cc1. The lowest BCUT2D eigenvalue weighted by atomic mass is 9.95. The number of fused-ring (bicyclic) bond motifs is 1. The fraction of sp³-hybridized carbons (Fsp3) is 0.394. The molecule has 1 amide bonds. The predicted octanol–water partition coefficient (Wildman–Crippen LogP) is 3.26. The summed E-state index contributed by atoms with van der Waals surface area (Å²) >= 11 is 1.26. The first-order chi connectivity index (χ1) is 21.2. The van der Waals surface area contributed by atoms with Crippen LogP contribution in [0.25, 0.3) is 6.08 Å². The summed E-state index contributed by atoms with van der Waals surface area (Å²) in [6.07, 6.45) is 3.81. The first kappa shape index (κ1) is 31.1. The molecule has 3 aromatic rings. The van der Waals surface area contributed by atoms with Gasteiger partial charge in [0.05, 0.1) is 35.1 Å². The highest BCUT2D eigenvalue weighted by Crippen LogP contribution is 2.32.